The largest absolute Gasteiger partial charge is 0.391 e. The first-order chi connectivity index (χ1) is 4.63. The van der Waals surface area contributed by atoms with E-state index in [0.717, 1.165) is 0 Å². The van der Waals surface area contributed by atoms with E-state index in [0.29, 0.717) is 12.8 Å². The fraction of sp³-hybridized carbons (Fsp3) is 1.00. The Labute approximate surface area is 59.8 Å². The lowest BCUT2D eigenvalue weighted by Gasteiger charge is -2.33. The molecule has 0 heterocycles. The van der Waals surface area contributed by atoms with Gasteiger partial charge in [-0.3, -0.25) is 0 Å². The average molecular weight is 146 g/mol. The van der Waals surface area contributed by atoms with Gasteiger partial charge in [-0.1, -0.05) is 0 Å². The van der Waals surface area contributed by atoms with Gasteiger partial charge in [0.25, 0.3) is 0 Å². The van der Waals surface area contributed by atoms with Crippen molar-refractivity contribution in [3.05, 3.63) is 0 Å². The Balaban J connectivity index is 2.52. The van der Waals surface area contributed by atoms with Crippen molar-refractivity contribution < 1.29 is 10.2 Å². The number of rotatable bonds is 0. The number of nitrogens with two attached hydrogens (primary N) is 2. The predicted octanol–water partition coefficient (Wildman–Crippen LogP) is -1.84. The van der Waals surface area contributed by atoms with E-state index in [1.807, 2.05) is 0 Å². The van der Waals surface area contributed by atoms with Crippen LogP contribution in [0.2, 0.25) is 0 Å². The van der Waals surface area contributed by atoms with Crippen LogP contribution in [0.1, 0.15) is 12.8 Å². The molecule has 0 aromatic carbocycles. The Morgan fingerprint density at radius 1 is 1.10 bits per heavy atom. The molecule has 0 aromatic heterocycles. The van der Waals surface area contributed by atoms with Crippen LogP contribution < -0.4 is 11.5 Å². The van der Waals surface area contributed by atoms with Gasteiger partial charge in [0.05, 0.1) is 18.2 Å². The molecule has 0 radical (unpaired) electrons. The molecule has 6 N–H and O–H groups in total. The van der Waals surface area contributed by atoms with Gasteiger partial charge < -0.3 is 21.7 Å². The molecule has 0 amide bonds. The van der Waals surface area contributed by atoms with Crippen molar-refractivity contribution >= 4 is 0 Å². The first kappa shape index (κ1) is 7.94. The molecule has 0 aliphatic heterocycles. The molecule has 0 unspecified atom stereocenters. The summed E-state index contributed by atoms with van der Waals surface area (Å²) < 4.78 is 0. The fourth-order valence-electron chi connectivity index (χ4n) is 1.24. The summed E-state index contributed by atoms with van der Waals surface area (Å²) in [6.07, 6.45) is -0.0892. The van der Waals surface area contributed by atoms with Gasteiger partial charge in [0.15, 0.2) is 0 Å². The van der Waals surface area contributed by atoms with E-state index in [1.165, 1.54) is 0 Å². The fourth-order valence-corrected chi connectivity index (χ4v) is 1.24. The number of hydrogen-bond donors (Lipinski definition) is 4. The highest BCUT2D eigenvalue weighted by Gasteiger charge is 2.32. The first-order valence-electron chi connectivity index (χ1n) is 3.50. The quantitative estimate of drug-likeness (QED) is 0.323. The molecule has 10 heavy (non-hydrogen) atoms. The zero-order valence-corrected chi connectivity index (χ0v) is 5.77. The molecule has 1 aliphatic rings. The Hall–Kier alpha value is -0.160. The van der Waals surface area contributed by atoms with E-state index in [9.17, 15) is 5.11 Å². The van der Waals surface area contributed by atoms with Crippen LogP contribution in [0.15, 0.2) is 0 Å². The minimum absolute atomic E-state index is 0.265. The highest BCUT2D eigenvalue weighted by atomic mass is 16.3. The minimum Gasteiger partial charge on any atom is -0.391 e. The van der Waals surface area contributed by atoms with Crippen molar-refractivity contribution in [2.45, 2.75) is 37.1 Å². The van der Waals surface area contributed by atoms with Gasteiger partial charge in [-0.2, -0.15) is 0 Å². The van der Waals surface area contributed by atoms with Gasteiger partial charge in [-0.25, -0.2) is 0 Å². The van der Waals surface area contributed by atoms with Crippen molar-refractivity contribution in [3.8, 4) is 0 Å². The molecule has 1 aliphatic carbocycles. The maximum atomic E-state index is 9.21. The van der Waals surface area contributed by atoms with E-state index >= 15 is 0 Å². The van der Waals surface area contributed by atoms with Crippen LogP contribution >= 0.6 is 0 Å². The van der Waals surface area contributed by atoms with Crippen LogP contribution in [-0.4, -0.2) is 34.5 Å². The molecule has 0 spiro atoms. The lowest BCUT2D eigenvalue weighted by atomic mass is 9.87. The molecule has 4 nitrogen and oxygen atoms in total. The second-order valence-electron chi connectivity index (χ2n) is 2.88. The van der Waals surface area contributed by atoms with E-state index in [4.69, 9.17) is 16.6 Å². The second-order valence-corrected chi connectivity index (χ2v) is 2.88. The zero-order valence-electron chi connectivity index (χ0n) is 5.77. The summed E-state index contributed by atoms with van der Waals surface area (Å²) in [6, 6.07) is -0.831. The summed E-state index contributed by atoms with van der Waals surface area (Å²) in [4.78, 5) is 0. The molecule has 1 rings (SSSR count). The van der Waals surface area contributed by atoms with Crippen molar-refractivity contribution in [2.24, 2.45) is 11.5 Å². The molecular weight excluding hydrogens is 132 g/mol. The van der Waals surface area contributed by atoms with Gasteiger partial charge in [0, 0.05) is 6.04 Å². The van der Waals surface area contributed by atoms with Crippen LogP contribution in [0.5, 0.6) is 0 Å². The summed E-state index contributed by atoms with van der Waals surface area (Å²) in [7, 11) is 0. The lowest BCUT2D eigenvalue weighted by molar-refractivity contribution is 0.00530. The molecule has 0 saturated heterocycles. The molecule has 0 aromatic rings. The Morgan fingerprint density at radius 3 is 2.20 bits per heavy atom. The maximum Gasteiger partial charge on any atom is 0.0866 e. The minimum atomic E-state index is -0.747. The molecule has 4 heteroatoms. The molecule has 4 atom stereocenters. The second kappa shape index (κ2) is 2.84. The Morgan fingerprint density at radius 2 is 1.70 bits per heavy atom. The Bertz CT molecular complexity index is 106. The van der Waals surface area contributed by atoms with Crippen LogP contribution in [-0.2, 0) is 0 Å². The molecule has 0 bridgehead atoms. The molecular formula is C6H14N2O2. The molecule has 60 valence electrons. The monoisotopic (exact) mass is 146 g/mol. The first-order valence-corrected chi connectivity index (χ1v) is 3.50. The third kappa shape index (κ3) is 1.29. The van der Waals surface area contributed by atoms with Gasteiger partial charge in [-0.05, 0) is 12.8 Å². The normalized spacial score (nSPS) is 49.2. The van der Waals surface area contributed by atoms with Crippen LogP contribution in [0.25, 0.3) is 0 Å². The third-order valence-electron chi connectivity index (χ3n) is 2.07. The van der Waals surface area contributed by atoms with Crippen LogP contribution in [0.4, 0.5) is 0 Å². The van der Waals surface area contributed by atoms with Gasteiger partial charge in [0.1, 0.15) is 0 Å². The van der Waals surface area contributed by atoms with E-state index in [-0.39, 0.29) is 6.04 Å². The van der Waals surface area contributed by atoms with E-state index in [1.54, 1.807) is 0 Å². The summed E-state index contributed by atoms with van der Waals surface area (Å²) >= 11 is 0. The third-order valence-corrected chi connectivity index (χ3v) is 2.07. The van der Waals surface area contributed by atoms with Crippen molar-refractivity contribution in [3.63, 3.8) is 0 Å². The highest BCUT2D eigenvalue weighted by molar-refractivity contribution is 4.91. The van der Waals surface area contributed by atoms with Crippen LogP contribution in [0.3, 0.4) is 0 Å². The number of aliphatic hydroxyl groups excluding tert-OH is 2. The number of aliphatic hydroxyl groups is 2. The Kier molecular flexibility index (Phi) is 2.25. The van der Waals surface area contributed by atoms with Crippen molar-refractivity contribution in [1.29, 1.82) is 0 Å². The number of hydrogen-bond acceptors (Lipinski definition) is 4. The lowest BCUT2D eigenvalue weighted by Crippen LogP contribution is -2.56. The predicted molar refractivity (Wildman–Crippen MR) is 37.2 cm³/mol. The SMILES string of the molecule is N[C@H]1[C@H](O)[C@@H](N)CC[C@H]1O. The van der Waals surface area contributed by atoms with Crippen molar-refractivity contribution in [1.82, 2.24) is 0 Å². The zero-order chi connectivity index (χ0) is 7.72. The topological polar surface area (TPSA) is 92.5 Å². The van der Waals surface area contributed by atoms with Gasteiger partial charge >= 0.3 is 0 Å². The summed E-state index contributed by atoms with van der Waals surface area (Å²) in [5, 5.41) is 18.3. The smallest absolute Gasteiger partial charge is 0.0866 e. The van der Waals surface area contributed by atoms with Crippen LogP contribution in [0, 0.1) is 0 Å². The summed E-state index contributed by atoms with van der Waals surface area (Å²) in [6.45, 7) is 0. The highest BCUT2D eigenvalue weighted by Crippen LogP contribution is 2.16. The van der Waals surface area contributed by atoms with Gasteiger partial charge in [0.2, 0.25) is 0 Å². The molecule has 1 saturated carbocycles. The standard InChI is InChI=1S/C6H14N2O2/c7-3-1-2-4(9)5(8)6(3)10/h3-6,9-10H,1-2,7-8H2/t3-,4+,5+,6+/m0/s1. The molecule has 1 fully saturated rings. The summed E-state index contributed by atoms with van der Waals surface area (Å²) in [5.74, 6) is 0. The van der Waals surface area contributed by atoms with E-state index < -0.39 is 18.2 Å². The maximum absolute atomic E-state index is 9.21. The summed E-state index contributed by atoms with van der Waals surface area (Å²) in [5.41, 5.74) is 10.9. The van der Waals surface area contributed by atoms with Gasteiger partial charge in [-0.15, -0.1) is 0 Å². The van der Waals surface area contributed by atoms with Crippen molar-refractivity contribution in [2.75, 3.05) is 0 Å². The average Bonchev–Trinajstić information content (AvgIpc) is 1.93. The van der Waals surface area contributed by atoms with E-state index in [2.05, 4.69) is 0 Å².